The van der Waals surface area contributed by atoms with E-state index in [0.717, 1.165) is 19.3 Å². The lowest BCUT2D eigenvalue weighted by Crippen LogP contribution is -2.41. The van der Waals surface area contributed by atoms with Crippen LogP contribution in [0.2, 0.25) is 0 Å². The number of cyclic esters (lactones) is 1. The summed E-state index contributed by atoms with van der Waals surface area (Å²) < 4.78 is 17.1. The van der Waals surface area contributed by atoms with E-state index in [4.69, 9.17) is 19.9 Å². The Morgan fingerprint density at radius 1 is 1.36 bits per heavy atom. The zero-order chi connectivity index (χ0) is 15.8. The fraction of sp³-hybridized carbons (Fsp3) is 0.938. The summed E-state index contributed by atoms with van der Waals surface area (Å²) >= 11 is 0. The Bertz CT molecular complexity index is 315. The molecule has 6 heteroatoms. The molecule has 5 nitrogen and oxygen atoms in total. The molecule has 0 amide bonds. The quantitative estimate of drug-likeness (QED) is 0.754. The number of nitrogens with two attached hydrogens (primary N) is 1. The van der Waals surface area contributed by atoms with Crippen molar-refractivity contribution in [1.82, 2.24) is 0 Å². The molecule has 1 rings (SSSR count). The van der Waals surface area contributed by atoms with Gasteiger partial charge in [-0.15, -0.1) is 12.4 Å². The van der Waals surface area contributed by atoms with Gasteiger partial charge in [-0.1, -0.05) is 27.2 Å². The van der Waals surface area contributed by atoms with Gasteiger partial charge in [0.25, 0.3) is 0 Å². The van der Waals surface area contributed by atoms with Gasteiger partial charge in [0.2, 0.25) is 0 Å². The molecular formula is C16H32ClNO4. The van der Waals surface area contributed by atoms with Gasteiger partial charge in [0, 0.05) is 12.5 Å². The van der Waals surface area contributed by atoms with Crippen LogP contribution in [0.1, 0.15) is 47.0 Å². The SMILES string of the molecule is CCCO[C@@H]1[C@@H](CCC(C)C)COC[C@H](N)C(=O)O[C@H]1C.Cl. The number of carbonyl (C=O) groups is 1. The molecule has 22 heavy (non-hydrogen) atoms. The van der Waals surface area contributed by atoms with Gasteiger partial charge in [-0.05, 0) is 25.7 Å². The molecule has 0 aromatic carbocycles. The number of hydrogen-bond donors (Lipinski definition) is 1. The van der Waals surface area contributed by atoms with Crippen LogP contribution in [0.4, 0.5) is 0 Å². The monoisotopic (exact) mass is 337 g/mol. The molecule has 0 aromatic rings. The third-order valence-electron chi connectivity index (χ3n) is 3.79. The van der Waals surface area contributed by atoms with Crippen molar-refractivity contribution in [2.45, 2.75) is 65.2 Å². The van der Waals surface area contributed by atoms with Crippen LogP contribution in [0.5, 0.6) is 0 Å². The number of hydrogen-bond acceptors (Lipinski definition) is 5. The second-order valence-corrected chi connectivity index (χ2v) is 6.35. The standard InChI is InChI=1S/C16H31NO4.ClH/c1-5-8-20-15-12(4)21-16(18)14(17)10-19-9-13(15)7-6-11(2)3;/h11-15H,5-10,17H2,1-4H3;1H/t12-,13-,14-,15-;/m0./s1. The summed E-state index contributed by atoms with van der Waals surface area (Å²) in [5, 5.41) is 0. The molecule has 4 atom stereocenters. The summed E-state index contributed by atoms with van der Waals surface area (Å²) in [6.45, 7) is 9.81. The van der Waals surface area contributed by atoms with Gasteiger partial charge >= 0.3 is 5.97 Å². The zero-order valence-corrected chi connectivity index (χ0v) is 15.1. The molecule has 0 saturated carbocycles. The Labute approximate surface area is 140 Å². The summed E-state index contributed by atoms with van der Waals surface area (Å²) in [6, 6.07) is -0.705. The number of carbonyl (C=O) groups excluding carboxylic acids is 1. The third-order valence-corrected chi connectivity index (χ3v) is 3.79. The van der Waals surface area contributed by atoms with Gasteiger partial charge in [-0.25, -0.2) is 0 Å². The molecule has 0 spiro atoms. The van der Waals surface area contributed by atoms with E-state index in [1.54, 1.807) is 0 Å². The van der Waals surface area contributed by atoms with E-state index in [1.165, 1.54) is 0 Å². The lowest BCUT2D eigenvalue weighted by atomic mass is 9.91. The Hall–Kier alpha value is -0.360. The molecule has 1 fully saturated rings. The lowest BCUT2D eigenvalue weighted by molar-refractivity contribution is -0.159. The van der Waals surface area contributed by atoms with Crippen LogP contribution in [-0.4, -0.2) is 44.0 Å². The van der Waals surface area contributed by atoms with E-state index in [9.17, 15) is 4.79 Å². The molecule has 132 valence electrons. The van der Waals surface area contributed by atoms with Crippen LogP contribution in [0.15, 0.2) is 0 Å². The number of halogens is 1. The van der Waals surface area contributed by atoms with Gasteiger partial charge in [0.15, 0.2) is 0 Å². The number of rotatable bonds is 6. The Kier molecular flexibility index (Phi) is 11.0. The smallest absolute Gasteiger partial charge is 0.325 e. The Balaban J connectivity index is 0.00000441. The van der Waals surface area contributed by atoms with Crippen LogP contribution >= 0.6 is 12.4 Å². The van der Waals surface area contributed by atoms with E-state index >= 15 is 0 Å². The van der Waals surface area contributed by atoms with Gasteiger partial charge in [0.05, 0.1) is 19.3 Å². The van der Waals surface area contributed by atoms with Crippen molar-refractivity contribution in [3.05, 3.63) is 0 Å². The van der Waals surface area contributed by atoms with Crippen LogP contribution in [-0.2, 0) is 19.0 Å². The maximum atomic E-state index is 11.8. The second-order valence-electron chi connectivity index (χ2n) is 6.35. The molecule has 0 aromatic heterocycles. The van der Waals surface area contributed by atoms with E-state index in [1.807, 2.05) is 6.92 Å². The van der Waals surface area contributed by atoms with Crippen molar-refractivity contribution < 1.29 is 19.0 Å². The molecule has 0 unspecified atom stereocenters. The minimum absolute atomic E-state index is 0. The zero-order valence-electron chi connectivity index (χ0n) is 14.2. The minimum Gasteiger partial charge on any atom is -0.459 e. The molecule has 0 radical (unpaired) electrons. The maximum absolute atomic E-state index is 11.8. The van der Waals surface area contributed by atoms with Gasteiger partial charge < -0.3 is 19.9 Å². The van der Waals surface area contributed by atoms with Crippen molar-refractivity contribution in [3.63, 3.8) is 0 Å². The summed E-state index contributed by atoms with van der Waals surface area (Å²) in [7, 11) is 0. The average molecular weight is 338 g/mol. The van der Waals surface area contributed by atoms with Crippen LogP contribution in [0.25, 0.3) is 0 Å². The first-order valence-corrected chi connectivity index (χ1v) is 8.11. The van der Waals surface area contributed by atoms with Crippen molar-refractivity contribution in [2.24, 2.45) is 17.6 Å². The van der Waals surface area contributed by atoms with E-state index in [2.05, 4.69) is 20.8 Å². The van der Waals surface area contributed by atoms with E-state index in [0.29, 0.717) is 19.1 Å². The second kappa shape index (κ2) is 11.2. The van der Waals surface area contributed by atoms with Crippen LogP contribution in [0, 0.1) is 11.8 Å². The van der Waals surface area contributed by atoms with Crippen molar-refractivity contribution >= 4 is 18.4 Å². The minimum atomic E-state index is -0.705. The predicted octanol–water partition coefficient (Wildman–Crippen LogP) is 2.55. The highest BCUT2D eigenvalue weighted by molar-refractivity contribution is 5.85. The average Bonchev–Trinajstić information content (AvgIpc) is 2.47. The van der Waals surface area contributed by atoms with Crippen molar-refractivity contribution in [3.8, 4) is 0 Å². The first kappa shape index (κ1) is 21.6. The Morgan fingerprint density at radius 2 is 2.05 bits per heavy atom. The molecular weight excluding hydrogens is 306 g/mol. The summed E-state index contributed by atoms with van der Waals surface area (Å²) in [5.74, 6) is 0.453. The third kappa shape index (κ3) is 7.27. The van der Waals surface area contributed by atoms with Gasteiger partial charge in [-0.2, -0.15) is 0 Å². The van der Waals surface area contributed by atoms with Crippen molar-refractivity contribution in [2.75, 3.05) is 19.8 Å². The molecule has 2 N–H and O–H groups in total. The first-order valence-electron chi connectivity index (χ1n) is 8.11. The first-order chi connectivity index (χ1) is 9.95. The van der Waals surface area contributed by atoms with Gasteiger partial charge in [-0.3, -0.25) is 4.79 Å². The molecule has 1 aliphatic heterocycles. The fourth-order valence-corrected chi connectivity index (χ4v) is 2.55. The Morgan fingerprint density at radius 3 is 2.64 bits per heavy atom. The highest BCUT2D eigenvalue weighted by atomic mass is 35.5. The molecule has 1 heterocycles. The molecule has 1 saturated heterocycles. The van der Waals surface area contributed by atoms with E-state index in [-0.39, 0.29) is 37.1 Å². The summed E-state index contributed by atoms with van der Waals surface area (Å²) in [5.41, 5.74) is 5.75. The van der Waals surface area contributed by atoms with Gasteiger partial charge in [0.1, 0.15) is 12.1 Å². The van der Waals surface area contributed by atoms with Crippen molar-refractivity contribution in [1.29, 1.82) is 0 Å². The topological polar surface area (TPSA) is 70.8 Å². The van der Waals surface area contributed by atoms with Crippen LogP contribution < -0.4 is 5.73 Å². The summed E-state index contributed by atoms with van der Waals surface area (Å²) in [4.78, 5) is 11.8. The number of ether oxygens (including phenoxy) is 3. The fourth-order valence-electron chi connectivity index (χ4n) is 2.55. The summed E-state index contributed by atoms with van der Waals surface area (Å²) in [6.07, 6.45) is 2.62. The van der Waals surface area contributed by atoms with E-state index < -0.39 is 12.0 Å². The molecule has 1 aliphatic rings. The number of esters is 1. The highest BCUT2D eigenvalue weighted by Gasteiger charge is 2.33. The predicted molar refractivity (Wildman–Crippen MR) is 89.2 cm³/mol. The lowest BCUT2D eigenvalue weighted by Gasteiger charge is -2.31. The molecule has 0 bridgehead atoms. The maximum Gasteiger partial charge on any atom is 0.325 e. The normalized spacial score (nSPS) is 30.0. The van der Waals surface area contributed by atoms with Crippen LogP contribution in [0.3, 0.4) is 0 Å². The molecule has 0 aliphatic carbocycles. The largest absolute Gasteiger partial charge is 0.459 e. The highest BCUT2D eigenvalue weighted by Crippen LogP contribution is 2.24.